The Labute approximate surface area is 181 Å². The first-order valence-corrected chi connectivity index (χ1v) is 12.1. The molecule has 0 radical (unpaired) electrons. The van der Waals surface area contributed by atoms with E-state index in [1.807, 2.05) is 6.07 Å². The van der Waals surface area contributed by atoms with Gasteiger partial charge in [-0.05, 0) is 73.2 Å². The number of halogens is 1. The molecule has 0 aromatic heterocycles. The number of rotatable bonds is 3. The lowest BCUT2D eigenvalue weighted by molar-refractivity contribution is -0.124. The molecule has 0 N–H and O–H groups in total. The second kappa shape index (κ2) is 7.55. The van der Waals surface area contributed by atoms with E-state index >= 15 is 0 Å². The molecule has 0 bridgehead atoms. The summed E-state index contributed by atoms with van der Waals surface area (Å²) < 4.78 is 33.3. The fourth-order valence-electron chi connectivity index (χ4n) is 4.57. The van der Waals surface area contributed by atoms with Crippen LogP contribution in [-0.4, -0.2) is 44.4 Å². The Hall–Kier alpha value is -2.09. The zero-order chi connectivity index (χ0) is 20.9. The molecule has 0 spiro atoms. The van der Waals surface area contributed by atoms with Crippen molar-refractivity contribution in [1.29, 1.82) is 0 Å². The van der Waals surface area contributed by atoms with Gasteiger partial charge in [-0.2, -0.15) is 4.31 Å². The summed E-state index contributed by atoms with van der Waals surface area (Å²) in [5.41, 5.74) is 2.61. The SMILES string of the molecule is O=C([C@H]1Cc2cc(Cl)ccc2O1)N1CCCc2cc(S(=O)(=O)N3CCCC3)ccc21. The van der Waals surface area contributed by atoms with Gasteiger partial charge in [-0.15, -0.1) is 0 Å². The van der Waals surface area contributed by atoms with Crippen LogP contribution < -0.4 is 9.64 Å². The molecule has 0 aliphatic carbocycles. The topological polar surface area (TPSA) is 66.9 Å². The van der Waals surface area contributed by atoms with Crippen molar-refractivity contribution in [3.8, 4) is 5.75 Å². The number of hydrogen-bond donors (Lipinski definition) is 0. The maximum atomic E-state index is 13.2. The molecular formula is C22H23ClN2O4S. The number of amides is 1. The van der Waals surface area contributed by atoms with E-state index in [0.717, 1.165) is 42.5 Å². The molecule has 0 saturated carbocycles. The molecule has 2 aromatic carbocycles. The highest BCUT2D eigenvalue weighted by molar-refractivity contribution is 7.89. The number of ether oxygens (including phenoxy) is 1. The van der Waals surface area contributed by atoms with Crippen LogP contribution in [0.25, 0.3) is 0 Å². The van der Waals surface area contributed by atoms with Crippen LogP contribution in [0.4, 0.5) is 5.69 Å². The zero-order valence-corrected chi connectivity index (χ0v) is 18.1. The van der Waals surface area contributed by atoms with Gasteiger partial charge < -0.3 is 9.64 Å². The van der Waals surface area contributed by atoms with Gasteiger partial charge in [-0.3, -0.25) is 4.79 Å². The summed E-state index contributed by atoms with van der Waals surface area (Å²) in [4.78, 5) is 15.3. The Bertz CT molecular complexity index is 1110. The van der Waals surface area contributed by atoms with Gasteiger partial charge in [0.2, 0.25) is 10.0 Å². The normalized spacial score (nSPS) is 21.2. The summed E-state index contributed by atoms with van der Waals surface area (Å²) in [5.74, 6) is 0.598. The first-order valence-electron chi connectivity index (χ1n) is 10.3. The van der Waals surface area contributed by atoms with E-state index in [-0.39, 0.29) is 5.91 Å². The number of aryl methyl sites for hydroxylation is 1. The first kappa shape index (κ1) is 19.8. The largest absolute Gasteiger partial charge is 0.480 e. The third-order valence-corrected chi connectivity index (χ3v) is 8.24. The van der Waals surface area contributed by atoms with Crippen molar-refractivity contribution in [3.05, 3.63) is 52.5 Å². The molecule has 5 rings (SSSR count). The summed E-state index contributed by atoms with van der Waals surface area (Å²) in [6, 6.07) is 10.5. The fraction of sp³-hybridized carbons (Fsp3) is 0.409. The van der Waals surface area contributed by atoms with Gasteiger partial charge in [0.15, 0.2) is 6.10 Å². The van der Waals surface area contributed by atoms with Crippen molar-refractivity contribution in [1.82, 2.24) is 4.31 Å². The number of sulfonamides is 1. The van der Waals surface area contributed by atoms with Crippen LogP contribution in [0.1, 0.15) is 30.4 Å². The minimum atomic E-state index is -3.47. The number of carbonyl (C=O) groups excluding carboxylic acids is 1. The number of nitrogens with zero attached hydrogens (tertiary/aromatic N) is 2. The summed E-state index contributed by atoms with van der Waals surface area (Å²) in [5, 5.41) is 0.625. The summed E-state index contributed by atoms with van der Waals surface area (Å²) in [6.07, 6.45) is 3.25. The Kier molecular flexibility index (Phi) is 5.00. The van der Waals surface area contributed by atoms with Crippen LogP contribution in [0, 0.1) is 0 Å². The van der Waals surface area contributed by atoms with Crippen LogP contribution >= 0.6 is 11.6 Å². The van der Waals surface area contributed by atoms with Crippen LogP contribution in [0.2, 0.25) is 5.02 Å². The number of fused-ring (bicyclic) bond motifs is 2. The molecule has 3 aliphatic heterocycles. The summed E-state index contributed by atoms with van der Waals surface area (Å²) in [7, 11) is -3.47. The number of anilines is 1. The molecule has 1 amide bonds. The van der Waals surface area contributed by atoms with Crippen LogP contribution in [0.15, 0.2) is 41.3 Å². The van der Waals surface area contributed by atoms with Gasteiger partial charge in [-0.1, -0.05) is 11.6 Å². The lowest BCUT2D eigenvalue weighted by atomic mass is 10.0. The van der Waals surface area contributed by atoms with Crippen molar-refractivity contribution in [3.63, 3.8) is 0 Å². The van der Waals surface area contributed by atoms with Gasteiger partial charge in [0.25, 0.3) is 5.91 Å². The number of carbonyl (C=O) groups is 1. The highest BCUT2D eigenvalue weighted by Gasteiger charge is 2.35. The van der Waals surface area contributed by atoms with E-state index in [9.17, 15) is 13.2 Å². The van der Waals surface area contributed by atoms with Gasteiger partial charge in [0.1, 0.15) is 5.75 Å². The van der Waals surface area contributed by atoms with Crippen LogP contribution in [0.5, 0.6) is 5.75 Å². The van der Waals surface area contributed by atoms with E-state index < -0.39 is 16.1 Å². The van der Waals surface area contributed by atoms with E-state index in [0.29, 0.717) is 41.7 Å². The molecule has 0 unspecified atom stereocenters. The highest BCUT2D eigenvalue weighted by atomic mass is 35.5. The highest BCUT2D eigenvalue weighted by Crippen LogP contribution is 2.35. The summed E-state index contributed by atoms with van der Waals surface area (Å²) in [6.45, 7) is 1.75. The monoisotopic (exact) mass is 446 g/mol. The third kappa shape index (κ3) is 3.39. The second-order valence-corrected chi connectivity index (χ2v) is 10.4. The Morgan fingerprint density at radius 3 is 2.60 bits per heavy atom. The molecule has 2 aromatic rings. The van der Waals surface area contributed by atoms with Crippen molar-refractivity contribution in [2.45, 2.75) is 43.1 Å². The molecule has 1 saturated heterocycles. The van der Waals surface area contributed by atoms with Crippen LogP contribution in [0.3, 0.4) is 0 Å². The lowest BCUT2D eigenvalue weighted by Gasteiger charge is -2.31. The van der Waals surface area contributed by atoms with E-state index in [1.54, 1.807) is 39.5 Å². The molecular weight excluding hydrogens is 424 g/mol. The molecule has 1 atom stereocenters. The molecule has 6 nitrogen and oxygen atoms in total. The van der Waals surface area contributed by atoms with Gasteiger partial charge in [-0.25, -0.2) is 8.42 Å². The Balaban J connectivity index is 1.40. The molecule has 3 aliphatic rings. The van der Waals surface area contributed by atoms with Crippen molar-refractivity contribution >= 4 is 33.2 Å². The predicted octanol–water partition coefficient (Wildman–Crippen LogP) is 3.41. The van der Waals surface area contributed by atoms with E-state index in [1.165, 1.54) is 0 Å². The number of hydrogen-bond acceptors (Lipinski definition) is 4. The molecule has 158 valence electrons. The first-order chi connectivity index (χ1) is 14.4. The summed E-state index contributed by atoms with van der Waals surface area (Å²) >= 11 is 6.06. The van der Waals surface area contributed by atoms with Crippen molar-refractivity contribution in [2.24, 2.45) is 0 Å². The van der Waals surface area contributed by atoms with Crippen molar-refractivity contribution in [2.75, 3.05) is 24.5 Å². The van der Waals surface area contributed by atoms with E-state index in [2.05, 4.69) is 0 Å². The van der Waals surface area contributed by atoms with Gasteiger partial charge >= 0.3 is 0 Å². The average molecular weight is 447 g/mol. The lowest BCUT2D eigenvalue weighted by Crippen LogP contribution is -2.44. The maximum absolute atomic E-state index is 13.2. The average Bonchev–Trinajstić information content (AvgIpc) is 3.42. The molecule has 8 heteroatoms. The maximum Gasteiger partial charge on any atom is 0.268 e. The Morgan fingerprint density at radius 1 is 1.00 bits per heavy atom. The predicted molar refractivity (Wildman–Crippen MR) is 115 cm³/mol. The van der Waals surface area contributed by atoms with E-state index in [4.69, 9.17) is 16.3 Å². The standard InChI is InChI=1S/C22H23ClN2O4S/c23-17-5-8-20-16(12-17)14-21(29-20)22(26)25-11-3-4-15-13-18(6-7-19(15)25)30(27,28)24-9-1-2-10-24/h5-8,12-13,21H,1-4,9-11,14H2/t21-/m1/s1. The number of benzene rings is 2. The smallest absolute Gasteiger partial charge is 0.268 e. The molecule has 30 heavy (non-hydrogen) atoms. The van der Waals surface area contributed by atoms with Gasteiger partial charge in [0, 0.05) is 36.8 Å². The fourth-order valence-corrected chi connectivity index (χ4v) is 6.33. The minimum absolute atomic E-state index is 0.0987. The van der Waals surface area contributed by atoms with Gasteiger partial charge in [0.05, 0.1) is 4.90 Å². The van der Waals surface area contributed by atoms with Crippen LogP contribution in [-0.2, 0) is 27.7 Å². The molecule has 1 fully saturated rings. The third-order valence-electron chi connectivity index (χ3n) is 6.11. The minimum Gasteiger partial charge on any atom is -0.480 e. The Morgan fingerprint density at radius 2 is 1.80 bits per heavy atom. The van der Waals surface area contributed by atoms with Crippen molar-refractivity contribution < 1.29 is 17.9 Å². The quantitative estimate of drug-likeness (QED) is 0.724. The zero-order valence-electron chi connectivity index (χ0n) is 16.5. The molecule has 3 heterocycles. The second-order valence-electron chi connectivity index (χ2n) is 8.06.